The molecule has 3 N–H and O–H groups in total. The summed E-state index contributed by atoms with van der Waals surface area (Å²) in [6, 6.07) is 0. The molecule has 1 rings (SSSR count). The third kappa shape index (κ3) is 4.64. The number of rotatable bonds is 3. The number of hydrogen-bond donors (Lipinski definition) is 3. The Morgan fingerprint density at radius 3 is 2.44 bits per heavy atom. The van der Waals surface area contributed by atoms with Gasteiger partial charge in [0.2, 0.25) is 11.8 Å². The highest BCUT2D eigenvalue weighted by Crippen LogP contribution is 2.18. The highest BCUT2D eigenvalue weighted by atomic mass is 16.2. The van der Waals surface area contributed by atoms with Crippen molar-refractivity contribution < 1.29 is 9.59 Å². The van der Waals surface area contributed by atoms with Crippen molar-refractivity contribution >= 4 is 11.8 Å². The molecule has 1 atom stereocenters. The zero-order valence-electron chi connectivity index (χ0n) is 11.9. The first kappa shape index (κ1) is 15.0. The first-order valence-electron chi connectivity index (χ1n) is 6.57. The van der Waals surface area contributed by atoms with E-state index in [1.807, 2.05) is 27.7 Å². The molecule has 0 radical (unpaired) electrons. The molecule has 1 saturated heterocycles. The van der Waals surface area contributed by atoms with Crippen molar-refractivity contribution in [3.8, 4) is 0 Å². The maximum atomic E-state index is 12.0. The molecule has 1 aliphatic rings. The predicted octanol–water partition coefficient (Wildman–Crippen LogP) is 0.550. The maximum absolute atomic E-state index is 12.0. The van der Waals surface area contributed by atoms with Crippen LogP contribution in [0.3, 0.4) is 0 Å². The second-order valence-electron chi connectivity index (χ2n) is 6.20. The predicted molar refractivity (Wildman–Crippen MR) is 71.2 cm³/mol. The molecule has 0 aromatic heterocycles. The fraction of sp³-hybridized carbons (Fsp3) is 0.846. The molecule has 0 aromatic rings. The summed E-state index contributed by atoms with van der Waals surface area (Å²) in [4.78, 5) is 23.6. The third-order valence-electron chi connectivity index (χ3n) is 3.04. The Bertz CT molecular complexity index is 315. The van der Waals surface area contributed by atoms with Gasteiger partial charge in [-0.3, -0.25) is 9.59 Å². The lowest BCUT2D eigenvalue weighted by molar-refractivity contribution is -0.131. The van der Waals surface area contributed by atoms with Crippen LogP contribution in [0.1, 0.15) is 47.0 Å². The van der Waals surface area contributed by atoms with Crippen LogP contribution in [-0.4, -0.2) is 36.0 Å². The smallest absolute Gasteiger partial charge is 0.240 e. The molecule has 1 heterocycles. The largest absolute Gasteiger partial charge is 0.350 e. The molecule has 0 aromatic carbocycles. The summed E-state index contributed by atoms with van der Waals surface area (Å²) in [5, 5.41) is 8.74. The topological polar surface area (TPSA) is 70.2 Å². The van der Waals surface area contributed by atoms with Gasteiger partial charge in [-0.2, -0.15) is 0 Å². The third-order valence-corrected chi connectivity index (χ3v) is 3.04. The summed E-state index contributed by atoms with van der Waals surface area (Å²) in [6.07, 6.45) is 2.97. The molecule has 0 saturated carbocycles. The van der Waals surface area contributed by atoms with Crippen molar-refractivity contribution in [2.45, 2.75) is 58.0 Å². The minimum absolute atomic E-state index is 0.0351. The van der Waals surface area contributed by atoms with Crippen LogP contribution in [0.4, 0.5) is 0 Å². The number of carbonyl (C=O) groups excluding carboxylic acids is 2. The lowest BCUT2D eigenvalue weighted by Crippen LogP contribution is -2.58. The fourth-order valence-corrected chi connectivity index (χ4v) is 2.07. The first-order chi connectivity index (χ1) is 8.23. The Hall–Kier alpha value is -1.10. The Labute approximate surface area is 109 Å². The van der Waals surface area contributed by atoms with E-state index in [-0.39, 0.29) is 23.9 Å². The quantitative estimate of drug-likeness (QED) is 0.690. The molecular weight excluding hydrogens is 230 g/mol. The molecule has 1 unspecified atom stereocenters. The molecule has 18 heavy (non-hydrogen) atoms. The Morgan fingerprint density at radius 2 is 1.94 bits per heavy atom. The van der Waals surface area contributed by atoms with Crippen LogP contribution in [0.5, 0.6) is 0 Å². The SMILES string of the molecule is CC(C)(C)NC(=O)CNC(=O)C1(C)CCCCN1. The van der Waals surface area contributed by atoms with E-state index in [0.29, 0.717) is 0 Å². The molecule has 1 fully saturated rings. The number of amides is 2. The summed E-state index contributed by atoms with van der Waals surface area (Å²) < 4.78 is 0. The molecule has 0 spiro atoms. The molecule has 0 aliphatic carbocycles. The zero-order chi connectivity index (χ0) is 13.8. The molecular formula is C13H25N3O2. The van der Waals surface area contributed by atoms with Crippen LogP contribution >= 0.6 is 0 Å². The van der Waals surface area contributed by atoms with Gasteiger partial charge in [0, 0.05) is 5.54 Å². The van der Waals surface area contributed by atoms with Gasteiger partial charge >= 0.3 is 0 Å². The second-order valence-corrected chi connectivity index (χ2v) is 6.20. The molecule has 5 nitrogen and oxygen atoms in total. The van der Waals surface area contributed by atoms with Gasteiger partial charge in [-0.25, -0.2) is 0 Å². The lowest BCUT2D eigenvalue weighted by Gasteiger charge is -2.33. The monoisotopic (exact) mass is 255 g/mol. The van der Waals surface area contributed by atoms with E-state index in [1.165, 1.54) is 0 Å². The van der Waals surface area contributed by atoms with Crippen LogP contribution < -0.4 is 16.0 Å². The van der Waals surface area contributed by atoms with Gasteiger partial charge in [0.15, 0.2) is 0 Å². The average molecular weight is 255 g/mol. The standard InChI is InChI=1S/C13H25N3O2/c1-12(2,3)16-10(17)9-14-11(18)13(4)7-5-6-8-15-13/h15H,5-9H2,1-4H3,(H,14,18)(H,16,17). The van der Waals surface area contributed by atoms with Crippen LogP contribution in [0.25, 0.3) is 0 Å². The minimum Gasteiger partial charge on any atom is -0.350 e. The van der Waals surface area contributed by atoms with Crippen LogP contribution in [0.2, 0.25) is 0 Å². The van der Waals surface area contributed by atoms with Crippen molar-refractivity contribution in [2.75, 3.05) is 13.1 Å². The van der Waals surface area contributed by atoms with E-state index >= 15 is 0 Å². The summed E-state index contributed by atoms with van der Waals surface area (Å²) in [5.41, 5.74) is -0.797. The van der Waals surface area contributed by atoms with Gasteiger partial charge in [0.05, 0.1) is 12.1 Å². The number of nitrogens with one attached hydrogen (secondary N) is 3. The second kappa shape index (κ2) is 5.69. The molecule has 0 bridgehead atoms. The van der Waals surface area contributed by atoms with Gasteiger partial charge in [-0.1, -0.05) is 0 Å². The molecule has 1 aliphatic heterocycles. The van der Waals surface area contributed by atoms with Gasteiger partial charge in [-0.15, -0.1) is 0 Å². The molecule has 104 valence electrons. The Kier molecular flexibility index (Phi) is 4.73. The normalized spacial score (nSPS) is 24.4. The van der Waals surface area contributed by atoms with Gasteiger partial charge < -0.3 is 16.0 Å². The van der Waals surface area contributed by atoms with Crippen molar-refractivity contribution in [3.05, 3.63) is 0 Å². The Morgan fingerprint density at radius 1 is 1.28 bits per heavy atom. The van der Waals surface area contributed by atoms with Crippen LogP contribution in [0.15, 0.2) is 0 Å². The first-order valence-corrected chi connectivity index (χ1v) is 6.57. The number of hydrogen-bond acceptors (Lipinski definition) is 3. The number of piperidine rings is 1. The van der Waals surface area contributed by atoms with E-state index in [0.717, 1.165) is 25.8 Å². The summed E-state index contributed by atoms with van der Waals surface area (Å²) in [5.74, 6) is -0.249. The van der Waals surface area contributed by atoms with E-state index in [1.54, 1.807) is 0 Å². The number of carbonyl (C=O) groups is 2. The van der Waals surface area contributed by atoms with Crippen molar-refractivity contribution in [3.63, 3.8) is 0 Å². The maximum Gasteiger partial charge on any atom is 0.240 e. The molecule has 2 amide bonds. The average Bonchev–Trinajstić information content (AvgIpc) is 2.24. The van der Waals surface area contributed by atoms with Gasteiger partial charge in [0.25, 0.3) is 0 Å². The minimum atomic E-state index is -0.528. The zero-order valence-corrected chi connectivity index (χ0v) is 11.9. The Balaban J connectivity index is 2.39. The van der Waals surface area contributed by atoms with Gasteiger partial charge in [0.1, 0.15) is 0 Å². The van der Waals surface area contributed by atoms with Crippen LogP contribution in [0, 0.1) is 0 Å². The van der Waals surface area contributed by atoms with E-state index in [2.05, 4.69) is 16.0 Å². The van der Waals surface area contributed by atoms with E-state index in [9.17, 15) is 9.59 Å². The summed E-state index contributed by atoms with van der Waals surface area (Å²) >= 11 is 0. The summed E-state index contributed by atoms with van der Waals surface area (Å²) in [7, 11) is 0. The van der Waals surface area contributed by atoms with Crippen molar-refractivity contribution in [2.24, 2.45) is 0 Å². The molecule has 5 heteroatoms. The highest BCUT2D eigenvalue weighted by Gasteiger charge is 2.34. The van der Waals surface area contributed by atoms with Crippen molar-refractivity contribution in [1.29, 1.82) is 0 Å². The van der Waals surface area contributed by atoms with Crippen LogP contribution in [-0.2, 0) is 9.59 Å². The van der Waals surface area contributed by atoms with Gasteiger partial charge in [-0.05, 0) is 53.5 Å². The van der Waals surface area contributed by atoms with E-state index < -0.39 is 5.54 Å². The highest BCUT2D eigenvalue weighted by molar-refractivity contribution is 5.90. The van der Waals surface area contributed by atoms with Crippen molar-refractivity contribution in [1.82, 2.24) is 16.0 Å². The fourth-order valence-electron chi connectivity index (χ4n) is 2.07. The summed E-state index contributed by atoms with van der Waals surface area (Å²) in [6.45, 7) is 8.53. The van der Waals surface area contributed by atoms with E-state index in [4.69, 9.17) is 0 Å². The lowest BCUT2D eigenvalue weighted by atomic mass is 9.90.